The number of aryl methyl sites for hydroxylation is 1. The van der Waals surface area contributed by atoms with E-state index in [0.717, 1.165) is 6.07 Å². The Bertz CT molecular complexity index is 823. The summed E-state index contributed by atoms with van der Waals surface area (Å²) in [6.45, 7) is 0. The molecule has 0 amide bonds. The van der Waals surface area contributed by atoms with Crippen LogP contribution in [0.1, 0.15) is 53.7 Å². The molecule has 0 spiro atoms. The lowest BCUT2D eigenvalue weighted by Gasteiger charge is -2.27. The Morgan fingerprint density at radius 2 is 2.00 bits per heavy atom. The molecular formula is C19H17ClF3NO2. The van der Waals surface area contributed by atoms with Crippen LogP contribution in [0.15, 0.2) is 36.5 Å². The first-order chi connectivity index (χ1) is 12.3. The zero-order chi connectivity index (χ0) is 18.9. The third kappa shape index (κ3) is 3.76. The minimum absolute atomic E-state index is 0.0795. The molecule has 0 bridgehead atoms. The summed E-state index contributed by atoms with van der Waals surface area (Å²) < 4.78 is 38.8. The van der Waals surface area contributed by atoms with E-state index in [-0.39, 0.29) is 23.6 Å². The Kier molecular flexibility index (Phi) is 5.34. The van der Waals surface area contributed by atoms with Crippen molar-refractivity contribution in [2.75, 3.05) is 0 Å². The van der Waals surface area contributed by atoms with Crippen LogP contribution >= 0.6 is 11.6 Å². The Labute approximate surface area is 153 Å². The largest absolute Gasteiger partial charge is 0.417 e. The summed E-state index contributed by atoms with van der Waals surface area (Å²) in [6, 6.07) is 7.21. The highest BCUT2D eigenvalue weighted by Gasteiger charge is 2.34. The molecule has 0 saturated carbocycles. The van der Waals surface area contributed by atoms with Crippen LogP contribution in [0.25, 0.3) is 0 Å². The van der Waals surface area contributed by atoms with Crippen molar-refractivity contribution in [2.24, 2.45) is 0 Å². The van der Waals surface area contributed by atoms with E-state index in [2.05, 4.69) is 4.98 Å². The average molecular weight is 384 g/mol. The van der Waals surface area contributed by atoms with Gasteiger partial charge in [0.2, 0.25) is 0 Å². The first-order valence-corrected chi connectivity index (χ1v) is 8.67. The number of ketones is 1. The van der Waals surface area contributed by atoms with Gasteiger partial charge >= 0.3 is 6.18 Å². The standard InChI is InChI=1S/C19H17ClF3NO2/c20-17-11(3-1-5-14(17)19(21,22)23)6-8-15(25)12-7-9-16(26)18-13(12)4-2-10-24-18/h1-5,10,12,16,26H,6-9H2/t12-,16-/m0/s1. The van der Waals surface area contributed by atoms with Crippen molar-refractivity contribution in [3.8, 4) is 0 Å². The molecule has 1 N–H and O–H groups in total. The summed E-state index contributed by atoms with van der Waals surface area (Å²) >= 11 is 5.89. The molecule has 0 radical (unpaired) electrons. The highest BCUT2D eigenvalue weighted by molar-refractivity contribution is 6.32. The van der Waals surface area contributed by atoms with Crippen LogP contribution in [0, 0.1) is 0 Å². The number of fused-ring (bicyclic) bond motifs is 1. The highest BCUT2D eigenvalue weighted by atomic mass is 35.5. The number of aliphatic hydroxyl groups is 1. The van der Waals surface area contributed by atoms with Crippen LogP contribution in [0.2, 0.25) is 5.02 Å². The van der Waals surface area contributed by atoms with Gasteiger partial charge in [-0.2, -0.15) is 13.2 Å². The number of hydrogen-bond acceptors (Lipinski definition) is 3. The normalized spacial score (nSPS) is 19.9. The van der Waals surface area contributed by atoms with E-state index in [9.17, 15) is 23.1 Å². The quantitative estimate of drug-likeness (QED) is 0.819. The number of benzene rings is 1. The number of aromatic nitrogens is 1. The minimum atomic E-state index is -4.53. The lowest BCUT2D eigenvalue weighted by molar-refractivity contribution is -0.137. The summed E-state index contributed by atoms with van der Waals surface area (Å²) in [7, 11) is 0. The maximum Gasteiger partial charge on any atom is 0.417 e. The van der Waals surface area contributed by atoms with Gasteiger partial charge in [-0.15, -0.1) is 0 Å². The second-order valence-electron chi connectivity index (χ2n) is 6.37. The molecule has 7 heteroatoms. The zero-order valence-electron chi connectivity index (χ0n) is 13.8. The van der Waals surface area contributed by atoms with E-state index >= 15 is 0 Å². The van der Waals surface area contributed by atoms with E-state index in [4.69, 9.17) is 11.6 Å². The molecule has 0 fully saturated rings. The van der Waals surface area contributed by atoms with Crippen molar-refractivity contribution >= 4 is 17.4 Å². The molecule has 1 aliphatic rings. The van der Waals surface area contributed by atoms with Crippen molar-refractivity contribution in [3.63, 3.8) is 0 Å². The van der Waals surface area contributed by atoms with Gasteiger partial charge in [-0.25, -0.2) is 0 Å². The number of nitrogens with zero attached hydrogens (tertiary/aromatic N) is 1. The number of alkyl halides is 3. The van der Waals surface area contributed by atoms with E-state index < -0.39 is 23.8 Å². The Balaban J connectivity index is 1.76. The van der Waals surface area contributed by atoms with Gasteiger partial charge in [0.1, 0.15) is 5.78 Å². The van der Waals surface area contributed by atoms with Crippen LogP contribution in [0.3, 0.4) is 0 Å². The third-order valence-corrected chi connectivity index (χ3v) is 5.15. The Morgan fingerprint density at radius 3 is 2.73 bits per heavy atom. The van der Waals surface area contributed by atoms with Gasteiger partial charge in [-0.05, 0) is 42.5 Å². The van der Waals surface area contributed by atoms with Crippen LogP contribution in [-0.4, -0.2) is 15.9 Å². The SMILES string of the molecule is O=C(CCc1cccc(C(F)(F)F)c1Cl)[C@H]1CC[C@H](O)c2ncccc21. The van der Waals surface area contributed by atoms with Crippen molar-refractivity contribution in [2.45, 2.75) is 43.9 Å². The van der Waals surface area contributed by atoms with Gasteiger partial charge in [0, 0.05) is 18.5 Å². The highest BCUT2D eigenvalue weighted by Crippen LogP contribution is 2.39. The number of aliphatic hydroxyl groups excluding tert-OH is 1. The Hall–Kier alpha value is -1.92. The molecule has 3 rings (SSSR count). The van der Waals surface area contributed by atoms with Gasteiger partial charge in [0.05, 0.1) is 22.4 Å². The summed E-state index contributed by atoms with van der Waals surface area (Å²) in [5.41, 5.74) is 0.622. The molecule has 3 nitrogen and oxygen atoms in total. The van der Waals surface area contributed by atoms with Gasteiger partial charge in [0.25, 0.3) is 0 Å². The first-order valence-electron chi connectivity index (χ1n) is 8.29. The molecule has 2 atom stereocenters. The van der Waals surface area contributed by atoms with E-state index in [1.54, 1.807) is 18.3 Å². The van der Waals surface area contributed by atoms with Gasteiger partial charge in [-0.1, -0.05) is 29.8 Å². The third-order valence-electron chi connectivity index (χ3n) is 4.70. The van der Waals surface area contributed by atoms with Gasteiger partial charge < -0.3 is 5.11 Å². The molecule has 1 aliphatic carbocycles. The molecule has 1 aromatic heterocycles. The monoisotopic (exact) mass is 383 g/mol. The van der Waals surface area contributed by atoms with Gasteiger partial charge in [-0.3, -0.25) is 9.78 Å². The molecule has 138 valence electrons. The molecule has 1 heterocycles. The number of carbonyl (C=O) groups is 1. The molecular weight excluding hydrogens is 367 g/mol. The fraction of sp³-hybridized carbons (Fsp3) is 0.368. The molecule has 0 unspecified atom stereocenters. The number of Topliss-reactive ketones (excluding diaryl/α,β-unsaturated/α-hetero) is 1. The van der Waals surface area contributed by atoms with Crippen molar-refractivity contribution in [1.29, 1.82) is 0 Å². The lowest BCUT2D eigenvalue weighted by Crippen LogP contribution is -2.22. The molecule has 0 saturated heterocycles. The minimum Gasteiger partial charge on any atom is -0.387 e. The fourth-order valence-electron chi connectivity index (χ4n) is 3.38. The number of halogens is 4. The Morgan fingerprint density at radius 1 is 1.23 bits per heavy atom. The van der Waals surface area contributed by atoms with Crippen molar-refractivity contribution in [3.05, 3.63) is 63.9 Å². The van der Waals surface area contributed by atoms with E-state index in [0.29, 0.717) is 29.7 Å². The summed E-state index contributed by atoms with van der Waals surface area (Å²) in [4.78, 5) is 16.8. The van der Waals surface area contributed by atoms with Gasteiger partial charge in [0.15, 0.2) is 0 Å². The number of carbonyl (C=O) groups excluding carboxylic acids is 1. The smallest absolute Gasteiger partial charge is 0.387 e. The maximum absolute atomic E-state index is 12.9. The number of hydrogen-bond donors (Lipinski definition) is 1. The average Bonchev–Trinajstić information content (AvgIpc) is 2.60. The summed E-state index contributed by atoms with van der Waals surface area (Å²) in [6.07, 6.45) is -2.50. The molecule has 0 aliphatic heterocycles. The van der Waals surface area contributed by atoms with E-state index in [1.807, 2.05) is 0 Å². The molecule has 1 aromatic carbocycles. The summed E-state index contributed by atoms with van der Waals surface area (Å²) in [5.74, 6) is -0.480. The molecule has 2 aromatic rings. The molecule has 26 heavy (non-hydrogen) atoms. The second-order valence-corrected chi connectivity index (χ2v) is 6.74. The van der Waals surface area contributed by atoms with Crippen LogP contribution in [0.5, 0.6) is 0 Å². The van der Waals surface area contributed by atoms with Crippen LogP contribution in [0.4, 0.5) is 13.2 Å². The zero-order valence-corrected chi connectivity index (χ0v) is 14.5. The lowest BCUT2D eigenvalue weighted by atomic mass is 9.80. The van der Waals surface area contributed by atoms with Crippen LogP contribution in [-0.2, 0) is 17.4 Å². The summed E-state index contributed by atoms with van der Waals surface area (Å²) in [5, 5.41) is 9.66. The van der Waals surface area contributed by atoms with Crippen LogP contribution < -0.4 is 0 Å². The fourth-order valence-corrected chi connectivity index (χ4v) is 3.71. The van der Waals surface area contributed by atoms with Crippen molar-refractivity contribution in [1.82, 2.24) is 4.98 Å². The topological polar surface area (TPSA) is 50.2 Å². The second kappa shape index (κ2) is 7.37. The predicted octanol–water partition coefficient (Wildman–Crippen LogP) is 4.87. The number of rotatable bonds is 4. The maximum atomic E-state index is 12.9. The number of pyridine rings is 1. The predicted molar refractivity (Wildman–Crippen MR) is 91.0 cm³/mol. The van der Waals surface area contributed by atoms with Crippen molar-refractivity contribution < 1.29 is 23.1 Å². The van der Waals surface area contributed by atoms with E-state index in [1.165, 1.54) is 12.1 Å². The first kappa shape index (κ1) is 18.9.